The van der Waals surface area contributed by atoms with E-state index in [1.165, 1.54) is 12.8 Å². The van der Waals surface area contributed by atoms with Gasteiger partial charge in [0.05, 0.1) is 0 Å². The lowest BCUT2D eigenvalue weighted by Crippen LogP contribution is -2.46. The molecule has 0 aromatic carbocycles. The fourth-order valence-corrected chi connectivity index (χ4v) is 2.48. The second-order valence-corrected chi connectivity index (χ2v) is 5.29. The van der Waals surface area contributed by atoms with E-state index in [-0.39, 0.29) is 11.8 Å². The van der Waals surface area contributed by atoms with E-state index in [0.717, 1.165) is 19.3 Å². The number of carbonyl (C=O) groups is 2. The van der Waals surface area contributed by atoms with Crippen molar-refractivity contribution in [1.82, 2.24) is 10.6 Å². The summed E-state index contributed by atoms with van der Waals surface area (Å²) < 4.78 is 0. The third-order valence-corrected chi connectivity index (χ3v) is 3.85. The van der Waals surface area contributed by atoms with Crippen LogP contribution >= 0.6 is 0 Å². The van der Waals surface area contributed by atoms with E-state index >= 15 is 0 Å². The van der Waals surface area contributed by atoms with Crippen LogP contribution < -0.4 is 10.6 Å². The van der Waals surface area contributed by atoms with Crippen molar-refractivity contribution in [2.24, 2.45) is 5.41 Å². The number of carbonyl (C=O) groups excluding carboxylic acids is 2. The molecule has 0 aromatic rings. The average Bonchev–Trinajstić information content (AvgIpc) is 3.00. The van der Waals surface area contributed by atoms with Gasteiger partial charge < -0.3 is 10.6 Å². The highest BCUT2D eigenvalue weighted by Gasteiger charge is 2.56. The molecule has 17 heavy (non-hydrogen) atoms. The van der Waals surface area contributed by atoms with Crippen molar-refractivity contribution >= 4 is 11.8 Å². The van der Waals surface area contributed by atoms with Crippen LogP contribution in [0.4, 0.5) is 0 Å². The molecule has 0 aromatic heterocycles. The molecule has 2 aliphatic rings. The Balaban J connectivity index is 1.86. The molecular weight excluding hydrogens is 216 g/mol. The first kappa shape index (κ1) is 12.4. The Hall–Kier alpha value is -1.06. The van der Waals surface area contributed by atoms with Gasteiger partial charge in [0.1, 0.15) is 5.41 Å². The zero-order valence-electron chi connectivity index (χ0n) is 10.6. The van der Waals surface area contributed by atoms with E-state index in [2.05, 4.69) is 10.6 Å². The van der Waals surface area contributed by atoms with Crippen molar-refractivity contribution in [3.63, 3.8) is 0 Å². The van der Waals surface area contributed by atoms with Crippen LogP contribution in [0.2, 0.25) is 0 Å². The number of nitrogens with one attached hydrogen (secondary N) is 2. The summed E-state index contributed by atoms with van der Waals surface area (Å²) in [5.41, 5.74) is -0.724. The van der Waals surface area contributed by atoms with Crippen molar-refractivity contribution in [2.75, 3.05) is 6.54 Å². The van der Waals surface area contributed by atoms with Crippen molar-refractivity contribution in [2.45, 2.75) is 57.9 Å². The van der Waals surface area contributed by atoms with E-state index in [0.29, 0.717) is 25.4 Å². The smallest absolute Gasteiger partial charge is 0.235 e. The van der Waals surface area contributed by atoms with Crippen LogP contribution in [-0.4, -0.2) is 24.4 Å². The van der Waals surface area contributed by atoms with E-state index in [9.17, 15) is 9.59 Å². The summed E-state index contributed by atoms with van der Waals surface area (Å²) in [6.07, 6.45) is 6.85. The van der Waals surface area contributed by atoms with Gasteiger partial charge in [-0.25, -0.2) is 0 Å². The number of hydrogen-bond donors (Lipinski definition) is 2. The zero-order valence-corrected chi connectivity index (χ0v) is 10.6. The third-order valence-electron chi connectivity index (χ3n) is 3.85. The highest BCUT2D eigenvalue weighted by atomic mass is 16.2. The molecule has 0 bridgehead atoms. The van der Waals surface area contributed by atoms with Crippen molar-refractivity contribution in [3.05, 3.63) is 0 Å². The minimum absolute atomic E-state index is 0.0435. The molecule has 2 N–H and O–H groups in total. The lowest BCUT2D eigenvalue weighted by atomic mass is 10.0. The van der Waals surface area contributed by atoms with E-state index in [4.69, 9.17) is 0 Å². The first-order valence-corrected chi connectivity index (χ1v) is 6.78. The zero-order chi connectivity index (χ0) is 12.3. The van der Waals surface area contributed by atoms with Gasteiger partial charge in [0.2, 0.25) is 11.8 Å². The minimum Gasteiger partial charge on any atom is -0.355 e. The van der Waals surface area contributed by atoms with Gasteiger partial charge in [-0.3, -0.25) is 9.59 Å². The van der Waals surface area contributed by atoms with Gasteiger partial charge in [-0.1, -0.05) is 19.8 Å². The summed E-state index contributed by atoms with van der Waals surface area (Å²) in [7, 11) is 0. The summed E-state index contributed by atoms with van der Waals surface area (Å²) >= 11 is 0. The Morgan fingerprint density at radius 2 is 1.82 bits per heavy atom. The van der Waals surface area contributed by atoms with Crippen molar-refractivity contribution < 1.29 is 9.59 Å². The van der Waals surface area contributed by atoms with Crippen LogP contribution in [-0.2, 0) is 9.59 Å². The summed E-state index contributed by atoms with van der Waals surface area (Å²) in [5.74, 6) is -0.118. The molecule has 0 unspecified atom stereocenters. The van der Waals surface area contributed by atoms with Crippen LogP contribution in [0.15, 0.2) is 0 Å². The number of hydrogen-bond acceptors (Lipinski definition) is 2. The van der Waals surface area contributed by atoms with Gasteiger partial charge in [-0.15, -0.1) is 0 Å². The molecule has 0 atom stereocenters. The number of rotatable bonds is 5. The third kappa shape index (κ3) is 2.61. The number of amides is 2. The summed E-state index contributed by atoms with van der Waals surface area (Å²) in [5, 5.41) is 5.88. The van der Waals surface area contributed by atoms with Gasteiger partial charge in [0.15, 0.2) is 0 Å². The second-order valence-electron chi connectivity index (χ2n) is 5.29. The van der Waals surface area contributed by atoms with Gasteiger partial charge in [0, 0.05) is 12.6 Å². The summed E-state index contributed by atoms with van der Waals surface area (Å²) in [4.78, 5) is 24.0. The van der Waals surface area contributed by atoms with Crippen LogP contribution in [0.1, 0.15) is 51.9 Å². The van der Waals surface area contributed by atoms with Crippen molar-refractivity contribution in [1.29, 1.82) is 0 Å². The highest BCUT2D eigenvalue weighted by molar-refractivity contribution is 6.07. The predicted molar refractivity (Wildman–Crippen MR) is 65.4 cm³/mol. The average molecular weight is 238 g/mol. The van der Waals surface area contributed by atoms with Crippen LogP contribution in [0, 0.1) is 5.41 Å². The molecule has 0 spiro atoms. The Morgan fingerprint density at radius 1 is 1.18 bits per heavy atom. The van der Waals surface area contributed by atoms with E-state index < -0.39 is 5.41 Å². The predicted octanol–water partition coefficient (Wildman–Crippen LogP) is 1.35. The largest absolute Gasteiger partial charge is 0.355 e. The molecule has 2 saturated carbocycles. The molecule has 0 radical (unpaired) electrons. The molecular formula is C13H22N2O2. The lowest BCUT2D eigenvalue weighted by Gasteiger charge is -2.18. The molecule has 0 aliphatic heterocycles. The molecule has 4 nitrogen and oxygen atoms in total. The minimum atomic E-state index is -0.724. The standard InChI is InChI=1S/C13H22N2O2/c1-2-9-14-11(16)13(7-8-13)12(17)15-10-5-3-4-6-10/h10H,2-9H2,1H3,(H,14,16)(H,15,17). The summed E-state index contributed by atoms with van der Waals surface area (Å²) in [6.45, 7) is 2.68. The molecule has 2 rings (SSSR count). The molecule has 2 aliphatic carbocycles. The molecule has 0 saturated heterocycles. The van der Waals surface area contributed by atoms with Crippen LogP contribution in [0.25, 0.3) is 0 Å². The first-order chi connectivity index (χ1) is 8.19. The molecule has 0 heterocycles. The fraction of sp³-hybridized carbons (Fsp3) is 0.846. The maximum absolute atomic E-state index is 12.1. The van der Waals surface area contributed by atoms with E-state index in [1.54, 1.807) is 0 Å². The monoisotopic (exact) mass is 238 g/mol. The topological polar surface area (TPSA) is 58.2 Å². The van der Waals surface area contributed by atoms with Gasteiger partial charge in [-0.2, -0.15) is 0 Å². The fourth-order valence-electron chi connectivity index (χ4n) is 2.48. The van der Waals surface area contributed by atoms with Gasteiger partial charge >= 0.3 is 0 Å². The second kappa shape index (κ2) is 5.07. The quantitative estimate of drug-likeness (QED) is 0.710. The molecule has 4 heteroatoms. The van der Waals surface area contributed by atoms with Gasteiger partial charge in [-0.05, 0) is 32.1 Å². The normalized spacial score (nSPS) is 22.2. The SMILES string of the molecule is CCCNC(=O)C1(C(=O)NC2CCCC2)CC1. The lowest BCUT2D eigenvalue weighted by molar-refractivity contribution is -0.137. The Kier molecular flexibility index (Phi) is 3.69. The van der Waals surface area contributed by atoms with Crippen LogP contribution in [0.3, 0.4) is 0 Å². The van der Waals surface area contributed by atoms with Crippen LogP contribution in [0.5, 0.6) is 0 Å². The maximum atomic E-state index is 12.1. The van der Waals surface area contributed by atoms with Crippen molar-refractivity contribution in [3.8, 4) is 0 Å². The first-order valence-electron chi connectivity index (χ1n) is 6.78. The van der Waals surface area contributed by atoms with E-state index in [1.807, 2.05) is 6.92 Å². The molecule has 96 valence electrons. The molecule has 2 amide bonds. The molecule has 2 fully saturated rings. The Bertz CT molecular complexity index is 305. The summed E-state index contributed by atoms with van der Waals surface area (Å²) in [6, 6.07) is 0.305. The Morgan fingerprint density at radius 3 is 2.35 bits per heavy atom. The Labute approximate surface area is 103 Å². The highest BCUT2D eigenvalue weighted by Crippen LogP contribution is 2.46. The van der Waals surface area contributed by atoms with Gasteiger partial charge in [0.25, 0.3) is 0 Å². The maximum Gasteiger partial charge on any atom is 0.235 e.